The van der Waals surface area contributed by atoms with Gasteiger partial charge in [0.25, 0.3) is 0 Å². The molecule has 0 fully saturated rings. The molecule has 2 nitrogen and oxygen atoms in total. The van der Waals surface area contributed by atoms with Gasteiger partial charge in [0.1, 0.15) is 23.4 Å². The number of benzene rings is 2. The van der Waals surface area contributed by atoms with Gasteiger partial charge in [0.15, 0.2) is 0 Å². The SMILES string of the molecule is N#Cc1cc(C(F)(F)F)ccc1Oc1ccc(Br)c(F)c1. The minimum absolute atomic E-state index is 0.0759. The Kier molecular flexibility index (Phi) is 4.19. The van der Waals surface area contributed by atoms with Crippen LogP contribution in [-0.4, -0.2) is 0 Å². The lowest BCUT2D eigenvalue weighted by Crippen LogP contribution is -2.05. The number of halogens is 5. The summed E-state index contributed by atoms with van der Waals surface area (Å²) in [5, 5.41) is 8.91. The van der Waals surface area contributed by atoms with Crippen molar-refractivity contribution in [2.45, 2.75) is 6.18 Å². The summed E-state index contributed by atoms with van der Waals surface area (Å²) in [6, 6.07) is 8.01. The van der Waals surface area contributed by atoms with E-state index < -0.39 is 17.6 Å². The van der Waals surface area contributed by atoms with Crippen LogP contribution < -0.4 is 4.74 Å². The van der Waals surface area contributed by atoms with Crippen molar-refractivity contribution < 1.29 is 22.3 Å². The van der Waals surface area contributed by atoms with Gasteiger partial charge >= 0.3 is 6.18 Å². The Morgan fingerprint density at radius 3 is 2.38 bits per heavy atom. The largest absolute Gasteiger partial charge is 0.456 e. The maximum Gasteiger partial charge on any atom is 0.416 e. The van der Waals surface area contributed by atoms with Gasteiger partial charge in [-0.3, -0.25) is 0 Å². The first kappa shape index (κ1) is 15.3. The third-order valence-corrected chi connectivity index (χ3v) is 3.19. The molecule has 0 saturated heterocycles. The van der Waals surface area contributed by atoms with Crippen LogP contribution in [0.25, 0.3) is 0 Å². The molecule has 0 aromatic heterocycles. The molecule has 0 aliphatic heterocycles. The Morgan fingerprint density at radius 2 is 1.81 bits per heavy atom. The van der Waals surface area contributed by atoms with E-state index in [1.165, 1.54) is 12.1 Å². The van der Waals surface area contributed by atoms with Gasteiger partial charge in [0, 0.05) is 6.07 Å². The van der Waals surface area contributed by atoms with Crippen molar-refractivity contribution in [1.82, 2.24) is 0 Å². The van der Waals surface area contributed by atoms with E-state index in [4.69, 9.17) is 10.00 Å². The van der Waals surface area contributed by atoms with Crippen LogP contribution in [-0.2, 0) is 6.18 Å². The minimum Gasteiger partial charge on any atom is -0.456 e. The molecule has 0 spiro atoms. The third kappa shape index (κ3) is 3.52. The second kappa shape index (κ2) is 5.74. The van der Waals surface area contributed by atoms with Crippen molar-refractivity contribution in [2.24, 2.45) is 0 Å². The number of hydrogen-bond acceptors (Lipinski definition) is 2. The van der Waals surface area contributed by atoms with E-state index in [1.54, 1.807) is 6.07 Å². The minimum atomic E-state index is -4.55. The molecule has 2 aromatic carbocycles. The van der Waals surface area contributed by atoms with Crippen molar-refractivity contribution in [1.29, 1.82) is 5.26 Å². The van der Waals surface area contributed by atoms with Crippen LogP contribution in [0.5, 0.6) is 11.5 Å². The average Bonchev–Trinajstić information content (AvgIpc) is 2.42. The Balaban J connectivity index is 2.36. The molecule has 0 bridgehead atoms. The monoisotopic (exact) mass is 359 g/mol. The predicted molar refractivity (Wildman–Crippen MR) is 70.3 cm³/mol. The summed E-state index contributed by atoms with van der Waals surface area (Å²) in [6.45, 7) is 0. The summed E-state index contributed by atoms with van der Waals surface area (Å²) >= 11 is 2.97. The third-order valence-electron chi connectivity index (χ3n) is 2.55. The van der Waals surface area contributed by atoms with Gasteiger partial charge in [-0.15, -0.1) is 0 Å². The summed E-state index contributed by atoms with van der Waals surface area (Å²) in [5.41, 5.74) is -1.23. The molecule has 0 unspecified atom stereocenters. The number of ether oxygens (including phenoxy) is 1. The number of nitrogens with zero attached hydrogens (tertiary/aromatic N) is 1. The standard InChI is InChI=1S/C14H6BrF4NO/c15-11-3-2-10(6-12(11)16)21-13-4-1-9(14(17,18)19)5-8(13)7-20/h1-6H. The zero-order valence-electron chi connectivity index (χ0n) is 10.2. The molecule has 21 heavy (non-hydrogen) atoms. The zero-order chi connectivity index (χ0) is 15.6. The molecule has 0 amide bonds. The highest BCUT2D eigenvalue weighted by atomic mass is 79.9. The fourth-order valence-corrected chi connectivity index (χ4v) is 1.80. The lowest BCUT2D eigenvalue weighted by Gasteiger charge is -2.11. The molecule has 0 aliphatic carbocycles. The van der Waals surface area contributed by atoms with Gasteiger partial charge in [-0.05, 0) is 46.3 Å². The summed E-state index contributed by atoms with van der Waals surface area (Å²) in [5.74, 6) is -0.586. The highest BCUT2D eigenvalue weighted by Gasteiger charge is 2.31. The molecule has 0 radical (unpaired) electrons. The molecule has 2 aromatic rings. The fourth-order valence-electron chi connectivity index (χ4n) is 1.55. The normalized spacial score (nSPS) is 11.0. The average molecular weight is 360 g/mol. The van der Waals surface area contributed by atoms with Crippen LogP contribution in [0.2, 0.25) is 0 Å². The van der Waals surface area contributed by atoms with E-state index in [9.17, 15) is 17.6 Å². The molecule has 0 saturated carbocycles. The first-order chi connectivity index (χ1) is 9.81. The maximum absolute atomic E-state index is 13.3. The van der Waals surface area contributed by atoms with Crippen molar-refractivity contribution >= 4 is 15.9 Å². The number of hydrogen-bond donors (Lipinski definition) is 0. The van der Waals surface area contributed by atoms with Crippen LogP contribution in [0.4, 0.5) is 17.6 Å². The van der Waals surface area contributed by atoms with Crippen molar-refractivity contribution in [3.63, 3.8) is 0 Å². The van der Waals surface area contributed by atoms with Crippen LogP contribution in [0.15, 0.2) is 40.9 Å². The van der Waals surface area contributed by atoms with E-state index in [0.29, 0.717) is 6.07 Å². The van der Waals surface area contributed by atoms with Gasteiger partial charge in [-0.2, -0.15) is 18.4 Å². The van der Waals surface area contributed by atoms with E-state index in [0.717, 1.165) is 18.2 Å². The van der Waals surface area contributed by atoms with E-state index >= 15 is 0 Å². The number of nitriles is 1. The molecule has 0 heterocycles. The van der Waals surface area contributed by atoms with Crippen LogP contribution in [0.3, 0.4) is 0 Å². The van der Waals surface area contributed by atoms with Crippen LogP contribution >= 0.6 is 15.9 Å². The summed E-state index contributed by atoms with van der Waals surface area (Å²) in [4.78, 5) is 0. The Labute approximate surface area is 125 Å². The van der Waals surface area contributed by atoms with Crippen molar-refractivity contribution in [3.8, 4) is 17.6 Å². The first-order valence-corrected chi connectivity index (χ1v) is 6.35. The molecule has 108 valence electrons. The van der Waals surface area contributed by atoms with Gasteiger partial charge in [-0.25, -0.2) is 4.39 Å². The summed E-state index contributed by atoms with van der Waals surface area (Å²) < 4.78 is 56.5. The molecular weight excluding hydrogens is 354 g/mol. The van der Waals surface area contributed by atoms with E-state index in [2.05, 4.69) is 15.9 Å². The second-order valence-corrected chi connectivity index (χ2v) is 4.85. The molecular formula is C14H6BrF4NO. The Bertz CT molecular complexity index is 722. The van der Waals surface area contributed by atoms with Gasteiger partial charge < -0.3 is 4.74 Å². The number of rotatable bonds is 2. The van der Waals surface area contributed by atoms with Crippen molar-refractivity contribution in [2.75, 3.05) is 0 Å². The maximum atomic E-state index is 13.3. The first-order valence-electron chi connectivity index (χ1n) is 5.55. The smallest absolute Gasteiger partial charge is 0.416 e. The molecule has 2 rings (SSSR count). The second-order valence-electron chi connectivity index (χ2n) is 4.00. The molecule has 7 heteroatoms. The predicted octanol–water partition coefficient (Wildman–Crippen LogP) is 5.27. The fraction of sp³-hybridized carbons (Fsp3) is 0.0714. The van der Waals surface area contributed by atoms with Crippen LogP contribution in [0.1, 0.15) is 11.1 Å². The molecule has 0 N–H and O–H groups in total. The van der Waals surface area contributed by atoms with E-state index in [1.807, 2.05) is 0 Å². The lowest BCUT2D eigenvalue weighted by molar-refractivity contribution is -0.137. The molecule has 0 aliphatic rings. The highest BCUT2D eigenvalue weighted by Crippen LogP contribution is 2.34. The van der Waals surface area contributed by atoms with E-state index in [-0.39, 0.29) is 21.5 Å². The Hall–Kier alpha value is -2.07. The Morgan fingerprint density at radius 1 is 1.10 bits per heavy atom. The highest BCUT2D eigenvalue weighted by molar-refractivity contribution is 9.10. The quantitative estimate of drug-likeness (QED) is 0.684. The summed E-state index contributed by atoms with van der Waals surface area (Å²) in [6.07, 6.45) is -4.55. The summed E-state index contributed by atoms with van der Waals surface area (Å²) in [7, 11) is 0. The van der Waals surface area contributed by atoms with Crippen LogP contribution in [0, 0.1) is 17.1 Å². The lowest BCUT2D eigenvalue weighted by atomic mass is 10.1. The van der Waals surface area contributed by atoms with Gasteiger partial charge in [0.2, 0.25) is 0 Å². The number of alkyl halides is 3. The van der Waals surface area contributed by atoms with Crippen molar-refractivity contribution in [3.05, 3.63) is 57.8 Å². The zero-order valence-corrected chi connectivity index (χ0v) is 11.8. The molecule has 0 atom stereocenters. The van der Waals surface area contributed by atoms with Gasteiger partial charge in [0.05, 0.1) is 15.6 Å². The van der Waals surface area contributed by atoms with Gasteiger partial charge in [-0.1, -0.05) is 0 Å². The topological polar surface area (TPSA) is 33.0 Å².